The summed E-state index contributed by atoms with van der Waals surface area (Å²) >= 11 is 0. The van der Waals surface area contributed by atoms with Gasteiger partial charge in [-0.05, 0) is 36.8 Å². The number of benzene rings is 1. The number of hydrogen-bond acceptors (Lipinski definition) is 5. The highest BCUT2D eigenvalue weighted by molar-refractivity contribution is 5.89. The first kappa shape index (κ1) is 18.5. The van der Waals surface area contributed by atoms with Gasteiger partial charge in [0.1, 0.15) is 5.69 Å². The van der Waals surface area contributed by atoms with Crippen molar-refractivity contribution in [2.24, 2.45) is 5.73 Å². The van der Waals surface area contributed by atoms with E-state index in [-0.39, 0.29) is 0 Å². The number of ether oxygens (including phenoxy) is 1. The molecule has 1 aromatic carbocycles. The van der Waals surface area contributed by atoms with E-state index in [2.05, 4.69) is 10.1 Å². The van der Waals surface area contributed by atoms with E-state index in [0.29, 0.717) is 31.1 Å². The summed E-state index contributed by atoms with van der Waals surface area (Å²) in [5.41, 5.74) is 9.50. The molecule has 6 nitrogen and oxygen atoms in total. The molecule has 0 amide bonds. The maximum atomic E-state index is 12.2. The second-order valence-electron chi connectivity index (χ2n) is 5.86. The average molecular weight is 362 g/mol. The van der Waals surface area contributed by atoms with Crippen LogP contribution >= 0.6 is 0 Å². The topological polar surface area (TPSA) is 83.0 Å². The molecule has 138 valence electrons. The van der Waals surface area contributed by atoms with Crippen LogP contribution in [0.3, 0.4) is 0 Å². The summed E-state index contributed by atoms with van der Waals surface area (Å²) in [4.78, 5) is 16.5. The Bertz CT molecular complexity index is 932. The third kappa shape index (κ3) is 4.68. The largest absolute Gasteiger partial charge is 0.461 e. The predicted molar refractivity (Wildman–Crippen MR) is 106 cm³/mol. The molecule has 2 aromatic heterocycles. The molecule has 2 heterocycles. The van der Waals surface area contributed by atoms with Crippen LogP contribution < -0.4 is 5.73 Å². The van der Waals surface area contributed by atoms with Crippen molar-refractivity contribution in [1.82, 2.24) is 14.8 Å². The minimum Gasteiger partial charge on any atom is -0.461 e. The molecule has 0 saturated carbocycles. The molecular formula is C21H22N4O2. The number of carbonyl (C=O) groups is 1. The van der Waals surface area contributed by atoms with Crippen LogP contribution in [0.15, 0.2) is 54.7 Å². The van der Waals surface area contributed by atoms with Gasteiger partial charge in [0, 0.05) is 18.3 Å². The zero-order valence-corrected chi connectivity index (χ0v) is 15.2. The molecule has 0 radical (unpaired) electrons. The van der Waals surface area contributed by atoms with Crippen LogP contribution in [0.5, 0.6) is 0 Å². The Labute approximate surface area is 158 Å². The van der Waals surface area contributed by atoms with Gasteiger partial charge in [0.15, 0.2) is 0 Å². The molecule has 0 aliphatic rings. The maximum Gasteiger partial charge on any atom is 0.356 e. The third-order valence-corrected chi connectivity index (χ3v) is 3.93. The van der Waals surface area contributed by atoms with Crippen molar-refractivity contribution in [3.05, 3.63) is 71.7 Å². The first-order valence-electron chi connectivity index (χ1n) is 8.86. The normalized spacial score (nSPS) is 11.0. The van der Waals surface area contributed by atoms with Crippen LogP contribution in [0.25, 0.3) is 23.4 Å². The number of esters is 1. The third-order valence-electron chi connectivity index (χ3n) is 3.93. The quantitative estimate of drug-likeness (QED) is 0.652. The van der Waals surface area contributed by atoms with Gasteiger partial charge in [-0.15, -0.1) is 0 Å². The molecule has 0 fully saturated rings. The molecule has 3 rings (SSSR count). The second kappa shape index (κ2) is 8.91. The fourth-order valence-corrected chi connectivity index (χ4v) is 2.66. The van der Waals surface area contributed by atoms with Crippen molar-refractivity contribution in [1.29, 1.82) is 0 Å². The Morgan fingerprint density at radius 2 is 2.00 bits per heavy atom. The van der Waals surface area contributed by atoms with Gasteiger partial charge in [-0.3, -0.25) is 9.67 Å². The first-order chi connectivity index (χ1) is 13.2. The van der Waals surface area contributed by atoms with Gasteiger partial charge >= 0.3 is 5.97 Å². The summed E-state index contributed by atoms with van der Waals surface area (Å²) in [6, 6.07) is 15.5. The number of carbonyl (C=O) groups excluding carboxylic acids is 1. The Balaban J connectivity index is 1.89. The van der Waals surface area contributed by atoms with Crippen LogP contribution in [-0.4, -0.2) is 33.9 Å². The fourth-order valence-electron chi connectivity index (χ4n) is 2.66. The number of nitrogens with zero attached hydrogens (tertiary/aromatic N) is 3. The average Bonchev–Trinajstić information content (AvgIpc) is 3.12. The van der Waals surface area contributed by atoms with E-state index < -0.39 is 5.97 Å². The lowest BCUT2D eigenvalue weighted by Crippen LogP contribution is -2.17. The van der Waals surface area contributed by atoms with E-state index in [0.717, 1.165) is 16.8 Å². The van der Waals surface area contributed by atoms with Gasteiger partial charge < -0.3 is 10.5 Å². The van der Waals surface area contributed by atoms with Crippen LogP contribution in [0, 0.1) is 0 Å². The summed E-state index contributed by atoms with van der Waals surface area (Å²) in [5.74, 6) is -0.400. The first-order valence-corrected chi connectivity index (χ1v) is 8.86. The number of rotatable bonds is 7. The molecule has 0 unspecified atom stereocenters. The lowest BCUT2D eigenvalue weighted by Gasteiger charge is -2.04. The van der Waals surface area contributed by atoms with Crippen LogP contribution in [0.2, 0.25) is 0 Å². The Morgan fingerprint density at radius 1 is 1.19 bits per heavy atom. The highest BCUT2D eigenvalue weighted by Gasteiger charge is 2.17. The van der Waals surface area contributed by atoms with E-state index in [1.54, 1.807) is 23.9 Å². The van der Waals surface area contributed by atoms with Crippen LogP contribution in [-0.2, 0) is 11.3 Å². The molecule has 2 N–H and O–H groups in total. The summed E-state index contributed by atoms with van der Waals surface area (Å²) in [5, 5.41) is 4.52. The standard InChI is InChI=1S/C21H22N4O2/c1-2-27-21(26)20-15-19(24-25(20)13-11-22)17-10-12-23-18(14-17)9-8-16-6-4-3-5-7-16/h3-10,12,14-15H,2,11,13,22H2,1H3. The SMILES string of the molecule is CCOC(=O)c1cc(-c2ccnc(C=Cc3ccccc3)c2)nn1CCN. The van der Waals surface area contributed by atoms with Crippen molar-refractivity contribution in [2.45, 2.75) is 13.5 Å². The van der Waals surface area contributed by atoms with Gasteiger partial charge in [-0.2, -0.15) is 5.10 Å². The zero-order valence-electron chi connectivity index (χ0n) is 15.2. The number of nitrogens with two attached hydrogens (primary N) is 1. The molecule has 0 saturated heterocycles. The monoisotopic (exact) mass is 362 g/mol. The van der Waals surface area contributed by atoms with Crippen LogP contribution in [0.4, 0.5) is 0 Å². The van der Waals surface area contributed by atoms with Gasteiger partial charge in [-0.1, -0.05) is 36.4 Å². The fraction of sp³-hybridized carbons (Fsp3) is 0.190. The Hall–Kier alpha value is -3.25. The van der Waals surface area contributed by atoms with Gasteiger partial charge in [0.2, 0.25) is 0 Å². The highest BCUT2D eigenvalue weighted by Crippen LogP contribution is 2.21. The van der Waals surface area contributed by atoms with E-state index in [9.17, 15) is 4.79 Å². The molecule has 0 bridgehead atoms. The Kier molecular flexibility index (Phi) is 6.12. The smallest absolute Gasteiger partial charge is 0.356 e. The van der Waals surface area contributed by atoms with E-state index in [1.807, 2.05) is 54.6 Å². The minimum atomic E-state index is -0.400. The van der Waals surface area contributed by atoms with Crippen molar-refractivity contribution >= 4 is 18.1 Å². The maximum absolute atomic E-state index is 12.2. The number of pyridine rings is 1. The van der Waals surface area contributed by atoms with Crippen molar-refractivity contribution in [3.8, 4) is 11.3 Å². The molecule has 6 heteroatoms. The van der Waals surface area contributed by atoms with E-state index in [1.165, 1.54) is 0 Å². The molecule has 27 heavy (non-hydrogen) atoms. The molecule has 3 aromatic rings. The van der Waals surface area contributed by atoms with Crippen molar-refractivity contribution < 1.29 is 9.53 Å². The molecule has 0 aliphatic heterocycles. The van der Waals surface area contributed by atoms with E-state index >= 15 is 0 Å². The van der Waals surface area contributed by atoms with Gasteiger partial charge in [0.25, 0.3) is 0 Å². The number of hydrogen-bond donors (Lipinski definition) is 1. The van der Waals surface area contributed by atoms with Crippen molar-refractivity contribution in [2.75, 3.05) is 13.2 Å². The highest BCUT2D eigenvalue weighted by atomic mass is 16.5. The number of aromatic nitrogens is 3. The minimum absolute atomic E-state index is 0.311. The van der Waals surface area contributed by atoms with Gasteiger partial charge in [0.05, 0.1) is 24.5 Å². The second-order valence-corrected chi connectivity index (χ2v) is 5.86. The lowest BCUT2D eigenvalue weighted by atomic mass is 10.1. The predicted octanol–water partition coefficient (Wildman–Crippen LogP) is 3.25. The molecule has 0 aliphatic carbocycles. The lowest BCUT2D eigenvalue weighted by molar-refractivity contribution is 0.0512. The van der Waals surface area contributed by atoms with Crippen LogP contribution in [0.1, 0.15) is 28.7 Å². The molecular weight excluding hydrogens is 340 g/mol. The van der Waals surface area contributed by atoms with Crippen molar-refractivity contribution in [3.63, 3.8) is 0 Å². The van der Waals surface area contributed by atoms with Gasteiger partial charge in [-0.25, -0.2) is 4.79 Å². The summed E-state index contributed by atoms with van der Waals surface area (Å²) in [6.45, 7) is 2.91. The zero-order chi connectivity index (χ0) is 19.1. The molecule has 0 atom stereocenters. The molecule has 0 spiro atoms. The Morgan fingerprint density at radius 3 is 2.74 bits per heavy atom. The summed E-state index contributed by atoms with van der Waals surface area (Å²) < 4.78 is 6.70. The summed E-state index contributed by atoms with van der Waals surface area (Å²) in [7, 11) is 0. The summed E-state index contributed by atoms with van der Waals surface area (Å²) in [6.07, 6.45) is 5.68. The van der Waals surface area contributed by atoms with E-state index in [4.69, 9.17) is 10.5 Å².